The maximum atomic E-state index is 12.6. The summed E-state index contributed by atoms with van der Waals surface area (Å²) in [6, 6.07) is 12.7. The molecular formula is C17H15NO4S. The molecule has 0 radical (unpaired) electrons. The Hall–Kier alpha value is -2.44. The number of ether oxygens (including phenoxy) is 1. The fourth-order valence-corrected chi connectivity index (χ4v) is 3.32. The molecular weight excluding hydrogens is 314 g/mol. The van der Waals surface area contributed by atoms with E-state index in [1.807, 2.05) is 30.3 Å². The maximum absolute atomic E-state index is 12.6. The van der Waals surface area contributed by atoms with Crippen LogP contribution in [0.25, 0.3) is 20.2 Å². The molecule has 2 aromatic carbocycles. The van der Waals surface area contributed by atoms with E-state index in [2.05, 4.69) is 5.32 Å². The third-order valence-electron chi connectivity index (χ3n) is 3.35. The molecule has 0 aliphatic carbocycles. The zero-order valence-corrected chi connectivity index (χ0v) is 13.1. The topological polar surface area (TPSA) is 75.6 Å². The zero-order chi connectivity index (χ0) is 16.2. The van der Waals surface area contributed by atoms with Gasteiger partial charge in [-0.1, -0.05) is 12.1 Å². The molecule has 23 heavy (non-hydrogen) atoms. The van der Waals surface area contributed by atoms with E-state index in [4.69, 9.17) is 9.84 Å². The highest BCUT2D eigenvalue weighted by atomic mass is 32.1. The summed E-state index contributed by atoms with van der Waals surface area (Å²) >= 11 is 1.55. The Labute approximate surface area is 136 Å². The number of aliphatic hydroxyl groups excluding tert-OH is 1. The van der Waals surface area contributed by atoms with Gasteiger partial charge in [0.1, 0.15) is 5.75 Å². The summed E-state index contributed by atoms with van der Waals surface area (Å²) in [4.78, 5) is 24.0. The van der Waals surface area contributed by atoms with Crippen LogP contribution in [-0.4, -0.2) is 30.8 Å². The van der Waals surface area contributed by atoms with Gasteiger partial charge in [-0.05, 0) is 30.3 Å². The van der Waals surface area contributed by atoms with Crippen molar-refractivity contribution in [3.8, 4) is 5.75 Å². The van der Waals surface area contributed by atoms with Crippen molar-refractivity contribution in [2.75, 3.05) is 19.8 Å². The summed E-state index contributed by atoms with van der Waals surface area (Å²) in [5.41, 5.74) is -0.0375. The number of hydrogen-bond acceptors (Lipinski definition) is 5. The summed E-state index contributed by atoms with van der Waals surface area (Å²) in [6.45, 7) is -0.0787. The van der Waals surface area contributed by atoms with Crippen LogP contribution < -0.4 is 15.5 Å². The smallest absolute Gasteiger partial charge is 0.258 e. The molecule has 0 fully saturated rings. The van der Waals surface area contributed by atoms with Gasteiger partial charge in [-0.15, -0.1) is 11.3 Å². The number of benzene rings is 2. The number of fused-ring (bicyclic) bond motifs is 2. The first-order valence-corrected chi connectivity index (χ1v) is 7.96. The molecule has 3 aromatic rings. The Morgan fingerprint density at radius 1 is 1.13 bits per heavy atom. The van der Waals surface area contributed by atoms with Gasteiger partial charge < -0.3 is 15.2 Å². The average Bonchev–Trinajstić information content (AvgIpc) is 2.58. The lowest BCUT2D eigenvalue weighted by atomic mass is 10.2. The minimum Gasteiger partial charge on any atom is -0.484 e. The van der Waals surface area contributed by atoms with Crippen molar-refractivity contribution >= 4 is 37.4 Å². The van der Waals surface area contributed by atoms with Gasteiger partial charge in [-0.3, -0.25) is 9.59 Å². The molecule has 2 N–H and O–H groups in total. The van der Waals surface area contributed by atoms with E-state index in [-0.39, 0.29) is 31.1 Å². The summed E-state index contributed by atoms with van der Waals surface area (Å²) in [6.07, 6.45) is 0. The normalized spacial score (nSPS) is 10.8. The summed E-state index contributed by atoms with van der Waals surface area (Å²) in [5.74, 6) is 0.152. The molecule has 3 rings (SSSR count). The maximum Gasteiger partial charge on any atom is 0.258 e. The van der Waals surface area contributed by atoms with Crippen molar-refractivity contribution in [2.45, 2.75) is 0 Å². The Kier molecular flexibility index (Phi) is 4.55. The standard InChI is InChI=1S/C17H15NO4S/c19-8-7-18-16(20)10-22-11-5-6-15-13(9-11)17(21)12-3-1-2-4-14(12)23-15/h1-6,9,19H,7-8,10H2,(H,18,20). The number of rotatable bonds is 5. The second-order valence-electron chi connectivity index (χ2n) is 4.95. The Morgan fingerprint density at radius 3 is 2.74 bits per heavy atom. The van der Waals surface area contributed by atoms with Crippen LogP contribution in [0.5, 0.6) is 5.75 Å². The van der Waals surface area contributed by atoms with Crippen LogP contribution in [0.4, 0.5) is 0 Å². The third kappa shape index (κ3) is 3.33. The monoisotopic (exact) mass is 329 g/mol. The van der Waals surface area contributed by atoms with Gasteiger partial charge in [0, 0.05) is 26.7 Å². The van der Waals surface area contributed by atoms with Gasteiger partial charge in [-0.25, -0.2) is 0 Å². The lowest BCUT2D eigenvalue weighted by Crippen LogP contribution is -2.31. The van der Waals surface area contributed by atoms with E-state index in [1.54, 1.807) is 23.5 Å². The van der Waals surface area contributed by atoms with E-state index in [1.165, 1.54) is 0 Å². The van der Waals surface area contributed by atoms with Crippen LogP contribution in [-0.2, 0) is 4.79 Å². The van der Waals surface area contributed by atoms with Crippen molar-refractivity contribution in [1.82, 2.24) is 5.32 Å². The van der Waals surface area contributed by atoms with Gasteiger partial charge in [0.15, 0.2) is 12.0 Å². The van der Waals surface area contributed by atoms with Crippen LogP contribution in [0.1, 0.15) is 0 Å². The van der Waals surface area contributed by atoms with Crippen LogP contribution in [0.3, 0.4) is 0 Å². The van der Waals surface area contributed by atoms with Crippen LogP contribution in [0.15, 0.2) is 47.3 Å². The molecule has 0 bridgehead atoms. The average molecular weight is 329 g/mol. The number of carbonyl (C=O) groups excluding carboxylic acids is 1. The molecule has 1 heterocycles. The first-order chi connectivity index (χ1) is 11.2. The summed E-state index contributed by atoms with van der Waals surface area (Å²) in [7, 11) is 0. The van der Waals surface area contributed by atoms with E-state index in [0.29, 0.717) is 16.5 Å². The van der Waals surface area contributed by atoms with Crippen molar-refractivity contribution in [3.05, 3.63) is 52.7 Å². The van der Waals surface area contributed by atoms with Crippen molar-refractivity contribution in [3.63, 3.8) is 0 Å². The number of hydrogen-bond donors (Lipinski definition) is 2. The molecule has 0 saturated heterocycles. The molecule has 1 aromatic heterocycles. The first kappa shape index (κ1) is 15.5. The SMILES string of the molecule is O=C(COc1ccc2sc3ccccc3c(=O)c2c1)NCCO. The lowest BCUT2D eigenvalue weighted by Gasteiger charge is -2.08. The number of carbonyl (C=O) groups is 1. The second-order valence-corrected chi connectivity index (χ2v) is 6.03. The van der Waals surface area contributed by atoms with Crippen LogP contribution >= 0.6 is 11.3 Å². The molecule has 5 nitrogen and oxygen atoms in total. The quantitative estimate of drug-likeness (QED) is 0.701. The van der Waals surface area contributed by atoms with E-state index in [0.717, 1.165) is 9.40 Å². The molecule has 0 aliphatic heterocycles. The van der Waals surface area contributed by atoms with Crippen molar-refractivity contribution in [2.24, 2.45) is 0 Å². The molecule has 0 spiro atoms. The highest BCUT2D eigenvalue weighted by Crippen LogP contribution is 2.27. The second kappa shape index (κ2) is 6.76. The van der Waals surface area contributed by atoms with Crippen molar-refractivity contribution < 1.29 is 14.6 Å². The fourth-order valence-electron chi connectivity index (χ4n) is 2.27. The Morgan fingerprint density at radius 2 is 1.91 bits per heavy atom. The van der Waals surface area contributed by atoms with Crippen molar-refractivity contribution in [1.29, 1.82) is 0 Å². The van der Waals surface area contributed by atoms with E-state index in [9.17, 15) is 9.59 Å². The Balaban J connectivity index is 1.89. The predicted octanol–water partition coefficient (Wildman–Crippen LogP) is 1.90. The minimum absolute atomic E-state index is 0.0375. The van der Waals surface area contributed by atoms with Gasteiger partial charge in [0.05, 0.1) is 6.61 Å². The predicted molar refractivity (Wildman–Crippen MR) is 91.2 cm³/mol. The van der Waals surface area contributed by atoms with Gasteiger partial charge in [0.25, 0.3) is 5.91 Å². The molecule has 6 heteroatoms. The third-order valence-corrected chi connectivity index (χ3v) is 4.50. The first-order valence-electron chi connectivity index (χ1n) is 7.15. The summed E-state index contributed by atoms with van der Waals surface area (Å²) < 4.78 is 7.24. The van der Waals surface area contributed by atoms with Crippen LogP contribution in [0.2, 0.25) is 0 Å². The molecule has 118 valence electrons. The van der Waals surface area contributed by atoms with E-state index < -0.39 is 0 Å². The highest BCUT2D eigenvalue weighted by Gasteiger charge is 2.08. The number of amides is 1. The molecule has 0 saturated carbocycles. The molecule has 0 aliphatic rings. The molecule has 0 atom stereocenters. The number of aliphatic hydroxyl groups is 1. The number of nitrogens with one attached hydrogen (secondary N) is 1. The van der Waals surface area contributed by atoms with E-state index >= 15 is 0 Å². The Bertz CT molecular complexity index is 919. The minimum atomic E-state index is -0.317. The van der Waals surface area contributed by atoms with Gasteiger partial charge >= 0.3 is 0 Å². The van der Waals surface area contributed by atoms with Gasteiger partial charge in [0.2, 0.25) is 0 Å². The molecule has 0 unspecified atom stereocenters. The zero-order valence-electron chi connectivity index (χ0n) is 12.2. The fraction of sp³-hybridized carbons (Fsp3) is 0.176. The summed E-state index contributed by atoms with van der Waals surface area (Å²) in [5, 5.41) is 12.4. The highest BCUT2D eigenvalue weighted by molar-refractivity contribution is 7.24. The van der Waals surface area contributed by atoms with Crippen LogP contribution in [0, 0.1) is 0 Å². The lowest BCUT2D eigenvalue weighted by molar-refractivity contribution is -0.123. The molecule has 1 amide bonds. The van der Waals surface area contributed by atoms with Gasteiger partial charge in [-0.2, -0.15) is 0 Å². The largest absolute Gasteiger partial charge is 0.484 e.